The third-order valence-electron chi connectivity index (χ3n) is 4.36. The Labute approximate surface area is 194 Å². The van der Waals surface area contributed by atoms with Gasteiger partial charge in [0.05, 0.1) is 18.1 Å². The summed E-state index contributed by atoms with van der Waals surface area (Å²) in [6.45, 7) is 24.9. The molecule has 0 amide bonds. The molecule has 10 heteroatoms. The molecule has 0 atom stereocenters. The summed E-state index contributed by atoms with van der Waals surface area (Å²) in [5, 5.41) is 15.8. The zero-order valence-electron chi connectivity index (χ0n) is 19.7. The second kappa shape index (κ2) is 20.6. The van der Waals surface area contributed by atoms with Gasteiger partial charge in [-0.15, -0.1) is 13.2 Å². The molecule has 0 rings (SSSR count). The van der Waals surface area contributed by atoms with Crippen LogP contribution in [0.5, 0.6) is 0 Å². The van der Waals surface area contributed by atoms with Crippen LogP contribution in [0.4, 0.5) is 0 Å². The second-order valence-electron chi connectivity index (χ2n) is 6.22. The van der Waals surface area contributed by atoms with Crippen LogP contribution < -0.4 is 21.5 Å². The molecule has 0 bridgehead atoms. The molecular formula is C20H42N8S2. The van der Waals surface area contributed by atoms with Crippen molar-refractivity contribution in [3.63, 3.8) is 0 Å². The Morgan fingerprint density at radius 3 is 1.63 bits per heavy atom. The summed E-state index contributed by atoms with van der Waals surface area (Å²) >= 11 is 10.5. The van der Waals surface area contributed by atoms with Gasteiger partial charge < -0.3 is 15.5 Å². The molecule has 0 aliphatic heterocycles. The van der Waals surface area contributed by atoms with E-state index in [1.165, 1.54) is 0 Å². The fraction of sp³-hybridized carbons (Fsp3) is 0.700. The standard InChI is InChI=1S/C18H38N8S2.C2H4/c1-7-25(8-2)13-11-12-19-17(27)23-21-15(5)16(6)22-24-18(28)20-14-26(9-3)10-4;1-2/h7-14H2,1-6H3,(H2,19,23,27)(H2,20,24,28);1-2H2/b21-15-,22-16-;. The van der Waals surface area contributed by atoms with Crippen LogP contribution in [0.15, 0.2) is 23.4 Å². The summed E-state index contributed by atoms with van der Waals surface area (Å²) in [6.07, 6.45) is 1.04. The van der Waals surface area contributed by atoms with Crippen molar-refractivity contribution in [3.8, 4) is 0 Å². The van der Waals surface area contributed by atoms with Crippen molar-refractivity contribution in [2.24, 2.45) is 10.2 Å². The number of hydrogen-bond donors (Lipinski definition) is 4. The number of hydrogen-bond acceptors (Lipinski definition) is 6. The van der Waals surface area contributed by atoms with E-state index in [1.54, 1.807) is 0 Å². The first-order valence-corrected chi connectivity index (χ1v) is 11.3. The third-order valence-corrected chi connectivity index (χ3v) is 4.83. The van der Waals surface area contributed by atoms with Crippen molar-refractivity contribution in [1.82, 2.24) is 31.3 Å². The maximum absolute atomic E-state index is 5.25. The van der Waals surface area contributed by atoms with E-state index in [0.717, 1.165) is 57.1 Å². The van der Waals surface area contributed by atoms with Gasteiger partial charge in [-0.2, -0.15) is 10.2 Å². The Morgan fingerprint density at radius 1 is 0.767 bits per heavy atom. The molecule has 0 aliphatic rings. The third kappa shape index (κ3) is 16.2. The zero-order chi connectivity index (χ0) is 23.4. The van der Waals surface area contributed by atoms with E-state index < -0.39 is 0 Å². The van der Waals surface area contributed by atoms with Gasteiger partial charge in [0.15, 0.2) is 10.2 Å². The highest BCUT2D eigenvalue weighted by Gasteiger charge is 2.02. The lowest BCUT2D eigenvalue weighted by atomic mass is 10.3. The lowest BCUT2D eigenvalue weighted by molar-refractivity contribution is 0.298. The molecule has 0 aromatic heterocycles. The van der Waals surface area contributed by atoms with Gasteiger partial charge in [-0.3, -0.25) is 15.8 Å². The van der Waals surface area contributed by atoms with Crippen molar-refractivity contribution in [2.75, 3.05) is 45.9 Å². The number of hydrazone groups is 2. The fourth-order valence-electron chi connectivity index (χ4n) is 2.19. The molecule has 0 aromatic rings. The predicted octanol–water partition coefficient (Wildman–Crippen LogP) is 2.50. The van der Waals surface area contributed by atoms with Gasteiger partial charge in [-0.1, -0.05) is 27.7 Å². The molecule has 0 aliphatic carbocycles. The first-order chi connectivity index (χ1) is 14.4. The topological polar surface area (TPSA) is 79.3 Å². The largest absolute Gasteiger partial charge is 0.361 e. The maximum Gasteiger partial charge on any atom is 0.187 e. The van der Waals surface area contributed by atoms with Crippen LogP contribution in [0.2, 0.25) is 0 Å². The average molecular weight is 459 g/mol. The minimum Gasteiger partial charge on any atom is -0.361 e. The fourth-order valence-corrected chi connectivity index (χ4v) is 2.44. The van der Waals surface area contributed by atoms with E-state index in [0.29, 0.717) is 16.9 Å². The highest BCUT2D eigenvalue weighted by molar-refractivity contribution is 7.80. The Kier molecular flexibility index (Phi) is 21.0. The number of thiocarbonyl (C=S) groups is 2. The van der Waals surface area contributed by atoms with E-state index in [2.05, 4.69) is 82.3 Å². The lowest BCUT2D eigenvalue weighted by Crippen LogP contribution is -2.41. The number of rotatable bonds is 13. The normalized spacial score (nSPS) is 11.6. The molecule has 174 valence electrons. The van der Waals surface area contributed by atoms with E-state index >= 15 is 0 Å². The van der Waals surface area contributed by atoms with Crippen molar-refractivity contribution in [2.45, 2.75) is 48.0 Å². The summed E-state index contributed by atoms with van der Waals surface area (Å²) in [7, 11) is 0. The highest BCUT2D eigenvalue weighted by Crippen LogP contribution is 1.89. The Hall–Kier alpha value is -1.62. The monoisotopic (exact) mass is 458 g/mol. The Bertz CT molecular complexity index is 529. The van der Waals surface area contributed by atoms with Gasteiger partial charge in [-0.25, -0.2) is 0 Å². The smallest absolute Gasteiger partial charge is 0.187 e. The van der Waals surface area contributed by atoms with E-state index in [-0.39, 0.29) is 0 Å². The molecule has 0 heterocycles. The quantitative estimate of drug-likeness (QED) is 0.0837. The first-order valence-electron chi connectivity index (χ1n) is 10.5. The molecular weight excluding hydrogens is 416 g/mol. The molecule has 0 aromatic carbocycles. The summed E-state index contributed by atoms with van der Waals surface area (Å²) in [5.74, 6) is 0. The van der Waals surface area contributed by atoms with E-state index in [4.69, 9.17) is 24.4 Å². The number of nitrogens with zero attached hydrogens (tertiary/aromatic N) is 4. The first kappa shape index (κ1) is 30.6. The molecule has 0 saturated carbocycles. The van der Waals surface area contributed by atoms with Crippen molar-refractivity contribution < 1.29 is 0 Å². The lowest BCUT2D eigenvalue weighted by Gasteiger charge is -2.19. The van der Waals surface area contributed by atoms with Crippen molar-refractivity contribution in [3.05, 3.63) is 13.2 Å². The summed E-state index contributed by atoms with van der Waals surface area (Å²) < 4.78 is 0. The van der Waals surface area contributed by atoms with Crippen LogP contribution in [0.1, 0.15) is 48.0 Å². The van der Waals surface area contributed by atoms with Gasteiger partial charge >= 0.3 is 0 Å². The van der Waals surface area contributed by atoms with Crippen LogP contribution in [0, 0.1) is 0 Å². The van der Waals surface area contributed by atoms with Crippen LogP contribution >= 0.6 is 24.4 Å². The van der Waals surface area contributed by atoms with Gasteiger partial charge in [0.25, 0.3) is 0 Å². The summed E-state index contributed by atoms with van der Waals surface area (Å²) in [6, 6.07) is 0. The number of nitrogens with one attached hydrogen (secondary N) is 4. The van der Waals surface area contributed by atoms with Crippen molar-refractivity contribution in [1.29, 1.82) is 0 Å². The minimum atomic E-state index is 0.484. The molecule has 0 unspecified atom stereocenters. The molecule has 0 radical (unpaired) electrons. The SMILES string of the molecule is C=C.CCN(CC)CCCNC(=S)N/N=C(C)\C(C)=N/NC(=S)NCN(CC)CC. The van der Waals surface area contributed by atoms with Gasteiger partial charge in [0.1, 0.15) is 0 Å². The van der Waals surface area contributed by atoms with Crippen LogP contribution in [-0.2, 0) is 0 Å². The van der Waals surface area contributed by atoms with Crippen molar-refractivity contribution >= 4 is 46.1 Å². The molecule has 4 N–H and O–H groups in total. The Morgan fingerprint density at radius 2 is 1.20 bits per heavy atom. The van der Waals surface area contributed by atoms with Crippen LogP contribution in [-0.4, -0.2) is 77.4 Å². The predicted molar refractivity (Wildman–Crippen MR) is 140 cm³/mol. The van der Waals surface area contributed by atoms with E-state index in [9.17, 15) is 0 Å². The zero-order valence-corrected chi connectivity index (χ0v) is 21.3. The molecule has 0 spiro atoms. The summed E-state index contributed by atoms with van der Waals surface area (Å²) in [5.41, 5.74) is 7.15. The highest BCUT2D eigenvalue weighted by atomic mass is 32.1. The van der Waals surface area contributed by atoms with E-state index in [1.807, 2.05) is 13.8 Å². The molecule has 0 fully saturated rings. The summed E-state index contributed by atoms with van der Waals surface area (Å²) in [4.78, 5) is 4.60. The minimum absolute atomic E-state index is 0.484. The van der Waals surface area contributed by atoms with Gasteiger partial charge in [0, 0.05) is 6.54 Å². The molecule has 8 nitrogen and oxygen atoms in total. The molecule has 0 saturated heterocycles. The maximum atomic E-state index is 5.25. The average Bonchev–Trinajstić information content (AvgIpc) is 2.77. The molecule has 30 heavy (non-hydrogen) atoms. The van der Waals surface area contributed by atoms with Crippen LogP contribution in [0.3, 0.4) is 0 Å². The van der Waals surface area contributed by atoms with Gasteiger partial charge in [0.2, 0.25) is 0 Å². The van der Waals surface area contributed by atoms with Gasteiger partial charge in [-0.05, 0) is 77.4 Å². The Balaban J connectivity index is 0. The van der Waals surface area contributed by atoms with Crippen LogP contribution in [0.25, 0.3) is 0 Å². The second-order valence-corrected chi connectivity index (χ2v) is 7.04.